The van der Waals surface area contributed by atoms with Gasteiger partial charge in [-0.05, 0) is 31.0 Å². The number of H-pyrrole nitrogens is 1. The van der Waals surface area contributed by atoms with Crippen LogP contribution in [-0.2, 0) is 4.79 Å². The van der Waals surface area contributed by atoms with Gasteiger partial charge in [0.2, 0.25) is 5.91 Å². The smallest absolute Gasteiger partial charge is 0.236 e. The fourth-order valence-corrected chi connectivity index (χ4v) is 3.36. The zero-order chi connectivity index (χ0) is 17.6. The van der Waals surface area contributed by atoms with Gasteiger partial charge in [-0.15, -0.1) is 0 Å². The van der Waals surface area contributed by atoms with Crippen LogP contribution in [0.25, 0.3) is 10.9 Å². The molecule has 1 amide bonds. The van der Waals surface area contributed by atoms with Crippen molar-refractivity contribution in [1.29, 1.82) is 0 Å². The third kappa shape index (κ3) is 4.52. The Hall–Kier alpha value is -2.05. The summed E-state index contributed by atoms with van der Waals surface area (Å²) in [6.07, 6.45) is 3.17. The molecule has 3 rings (SSSR count). The Morgan fingerprint density at radius 2 is 2.20 bits per heavy atom. The molecule has 1 atom stereocenters. The molecule has 0 saturated carbocycles. The highest BCUT2D eigenvalue weighted by atomic mass is 16.5. The van der Waals surface area contributed by atoms with Gasteiger partial charge < -0.3 is 19.7 Å². The van der Waals surface area contributed by atoms with Gasteiger partial charge in [0, 0.05) is 43.3 Å². The van der Waals surface area contributed by atoms with Crippen molar-refractivity contribution < 1.29 is 14.6 Å². The van der Waals surface area contributed by atoms with Crippen LogP contribution < -0.4 is 4.74 Å². The molecule has 1 saturated heterocycles. The number of hydrogen-bond acceptors (Lipinski definition) is 4. The number of aliphatic hydroxyl groups is 1. The Morgan fingerprint density at radius 1 is 1.32 bits per heavy atom. The number of aliphatic hydroxyl groups excluding tert-OH is 1. The fourth-order valence-electron chi connectivity index (χ4n) is 3.36. The van der Waals surface area contributed by atoms with Gasteiger partial charge in [-0.3, -0.25) is 9.69 Å². The molecule has 1 fully saturated rings. The van der Waals surface area contributed by atoms with Crippen LogP contribution >= 0.6 is 0 Å². The Balaban J connectivity index is 1.51. The number of amides is 1. The summed E-state index contributed by atoms with van der Waals surface area (Å²) in [6.45, 7) is 5.59. The first kappa shape index (κ1) is 17.8. The predicted molar refractivity (Wildman–Crippen MR) is 97.7 cm³/mol. The summed E-state index contributed by atoms with van der Waals surface area (Å²) in [6, 6.07) is 7.79. The van der Waals surface area contributed by atoms with Gasteiger partial charge in [0.25, 0.3) is 0 Å². The maximum Gasteiger partial charge on any atom is 0.236 e. The SMILES string of the molecule is CCCN1CCCN(C[C@@H](O)COc2cccc3[nH]ccc23)CC1=O. The highest BCUT2D eigenvalue weighted by Gasteiger charge is 2.22. The molecular weight excluding hydrogens is 318 g/mol. The van der Waals surface area contributed by atoms with Gasteiger partial charge >= 0.3 is 0 Å². The summed E-state index contributed by atoms with van der Waals surface area (Å²) in [5.74, 6) is 0.920. The quantitative estimate of drug-likeness (QED) is 0.804. The van der Waals surface area contributed by atoms with Gasteiger partial charge in [-0.2, -0.15) is 0 Å². The molecule has 0 unspecified atom stereocenters. The van der Waals surface area contributed by atoms with E-state index in [1.165, 1.54) is 0 Å². The number of nitrogens with zero attached hydrogens (tertiary/aromatic N) is 2. The molecule has 25 heavy (non-hydrogen) atoms. The second-order valence-corrected chi connectivity index (χ2v) is 6.63. The second-order valence-electron chi connectivity index (χ2n) is 6.63. The summed E-state index contributed by atoms with van der Waals surface area (Å²) in [4.78, 5) is 19.4. The lowest BCUT2D eigenvalue weighted by Crippen LogP contribution is -2.41. The Morgan fingerprint density at radius 3 is 3.04 bits per heavy atom. The number of aromatic nitrogens is 1. The monoisotopic (exact) mass is 345 g/mol. The summed E-state index contributed by atoms with van der Waals surface area (Å²) in [7, 11) is 0. The first-order valence-electron chi connectivity index (χ1n) is 9.04. The first-order chi connectivity index (χ1) is 12.2. The number of nitrogens with one attached hydrogen (secondary N) is 1. The third-order valence-electron chi connectivity index (χ3n) is 4.56. The molecule has 6 nitrogen and oxygen atoms in total. The Bertz CT molecular complexity index is 700. The average Bonchev–Trinajstić information content (AvgIpc) is 3.01. The van der Waals surface area contributed by atoms with Crippen molar-refractivity contribution in [2.24, 2.45) is 0 Å². The van der Waals surface area contributed by atoms with E-state index in [0.29, 0.717) is 13.1 Å². The van der Waals surface area contributed by atoms with E-state index in [0.717, 1.165) is 49.1 Å². The number of carbonyl (C=O) groups is 1. The largest absolute Gasteiger partial charge is 0.490 e. The van der Waals surface area contributed by atoms with Crippen LogP contribution in [0.2, 0.25) is 0 Å². The van der Waals surface area contributed by atoms with Crippen LogP contribution in [-0.4, -0.2) is 71.2 Å². The molecular formula is C19H27N3O3. The van der Waals surface area contributed by atoms with E-state index in [2.05, 4.69) is 11.9 Å². The number of aromatic amines is 1. The Labute approximate surface area is 148 Å². The minimum atomic E-state index is -0.625. The van der Waals surface area contributed by atoms with Crippen molar-refractivity contribution in [2.45, 2.75) is 25.9 Å². The third-order valence-corrected chi connectivity index (χ3v) is 4.56. The van der Waals surface area contributed by atoms with Gasteiger partial charge in [0.1, 0.15) is 18.5 Å². The number of β-amino-alcohol motifs (C(OH)–C–C–N with tert-alkyl or cyclic N) is 1. The van der Waals surface area contributed by atoms with Gasteiger partial charge in [0.05, 0.1) is 6.54 Å². The molecule has 1 aliphatic heterocycles. The van der Waals surface area contributed by atoms with Gasteiger partial charge in [0.15, 0.2) is 0 Å². The van der Waals surface area contributed by atoms with Crippen molar-refractivity contribution in [1.82, 2.24) is 14.8 Å². The van der Waals surface area contributed by atoms with E-state index in [1.54, 1.807) is 0 Å². The van der Waals surface area contributed by atoms with Crippen molar-refractivity contribution in [3.8, 4) is 5.75 Å². The maximum absolute atomic E-state index is 12.3. The Kier molecular flexibility index (Phi) is 5.94. The van der Waals surface area contributed by atoms with Crippen molar-refractivity contribution in [2.75, 3.05) is 39.3 Å². The van der Waals surface area contributed by atoms with E-state index in [9.17, 15) is 9.90 Å². The van der Waals surface area contributed by atoms with Crippen LogP contribution in [0, 0.1) is 0 Å². The predicted octanol–water partition coefficient (Wildman–Crippen LogP) is 1.85. The molecule has 0 radical (unpaired) electrons. The van der Waals surface area contributed by atoms with Gasteiger partial charge in [-0.1, -0.05) is 13.0 Å². The topological polar surface area (TPSA) is 68.8 Å². The number of benzene rings is 1. The highest BCUT2D eigenvalue weighted by molar-refractivity contribution is 5.85. The van der Waals surface area contributed by atoms with Crippen LogP contribution in [0.4, 0.5) is 0 Å². The molecule has 136 valence electrons. The highest BCUT2D eigenvalue weighted by Crippen LogP contribution is 2.24. The number of hydrogen-bond donors (Lipinski definition) is 2. The molecule has 0 bridgehead atoms. The molecule has 2 heterocycles. The summed E-state index contributed by atoms with van der Waals surface area (Å²) in [5.41, 5.74) is 1.01. The number of carbonyl (C=O) groups excluding carboxylic acids is 1. The van der Waals surface area contributed by atoms with Crippen LogP contribution in [0.5, 0.6) is 5.75 Å². The van der Waals surface area contributed by atoms with E-state index in [4.69, 9.17) is 4.74 Å². The molecule has 6 heteroatoms. The standard InChI is InChI=1S/C19H27N3O3/c1-2-9-22-11-4-10-21(13-19(22)24)12-15(23)14-25-18-6-3-5-17-16(18)7-8-20-17/h3,5-8,15,20,23H,2,4,9-14H2,1H3/t15-/m1/s1. The van der Waals surface area contributed by atoms with Crippen LogP contribution in [0.15, 0.2) is 30.5 Å². The second kappa shape index (κ2) is 8.36. The average molecular weight is 345 g/mol. The zero-order valence-electron chi connectivity index (χ0n) is 14.8. The normalized spacial score (nSPS) is 17.7. The molecule has 1 aromatic heterocycles. The lowest BCUT2D eigenvalue weighted by atomic mass is 10.2. The summed E-state index contributed by atoms with van der Waals surface area (Å²) >= 11 is 0. The number of rotatable bonds is 7. The number of fused-ring (bicyclic) bond motifs is 1. The molecule has 0 spiro atoms. The first-order valence-corrected chi connectivity index (χ1v) is 9.04. The van der Waals surface area contributed by atoms with E-state index < -0.39 is 6.10 Å². The lowest BCUT2D eigenvalue weighted by Gasteiger charge is -2.23. The molecule has 2 N–H and O–H groups in total. The van der Waals surface area contributed by atoms with Gasteiger partial charge in [-0.25, -0.2) is 0 Å². The molecule has 1 aromatic carbocycles. The van der Waals surface area contributed by atoms with Crippen molar-refractivity contribution in [3.05, 3.63) is 30.5 Å². The summed E-state index contributed by atoms with van der Waals surface area (Å²) in [5, 5.41) is 11.3. The fraction of sp³-hybridized carbons (Fsp3) is 0.526. The zero-order valence-corrected chi connectivity index (χ0v) is 14.8. The van der Waals surface area contributed by atoms with E-state index >= 15 is 0 Å². The molecule has 1 aliphatic rings. The molecule has 0 aliphatic carbocycles. The van der Waals surface area contributed by atoms with Crippen molar-refractivity contribution >= 4 is 16.8 Å². The van der Waals surface area contributed by atoms with Crippen LogP contribution in [0.1, 0.15) is 19.8 Å². The van der Waals surface area contributed by atoms with E-state index in [1.807, 2.05) is 40.3 Å². The summed E-state index contributed by atoms with van der Waals surface area (Å²) < 4.78 is 5.81. The van der Waals surface area contributed by atoms with Crippen LogP contribution in [0.3, 0.4) is 0 Å². The molecule has 2 aromatic rings. The van der Waals surface area contributed by atoms with Crippen molar-refractivity contribution in [3.63, 3.8) is 0 Å². The van der Waals surface area contributed by atoms with E-state index in [-0.39, 0.29) is 12.5 Å². The number of ether oxygens (including phenoxy) is 1. The maximum atomic E-state index is 12.3. The minimum absolute atomic E-state index is 0.157. The lowest BCUT2D eigenvalue weighted by molar-refractivity contribution is -0.131. The minimum Gasteiger partial charge on any atom is -0.490 e.